The normalized spacial score (nSPS) is 20.0. The van der Waals surface area contributed by atoms with Gasteiger partial charge in [-0.05, 0) is 18.8 Å². The number of piperazine rings is 1. The Bertz CT molecular complexity index is 305. The molecule has 0 aliphatic carbocycles. The first-order valence-corrected chi connectivity index (χ1v) is 7.21. The van der Waals surface area contributed by atoms with Crippen molar-refractivity contribution in [2.45, 2.75) is 46.1 Å². The minimum atomic E-state index is -0.337. The monoisotopic (exact) mass is 270 g/mol. The number of hydrogen-bond acceptors (Lipinski definition) is 3. The molecule has 1 aliphatic rings. The lowest BCUT2D eigenvalue weighted by Gasteiger charge is -2.35. The molecule has 0 aromatic rings. The SMILES string of the molecule is CCCCOCCN1C(=O)CNC(=O)C1CC(C)C. The first kappa shape index (κ1) is 16.0. The maximum atomic E-state index is 11.9. The van der Waals surface area contributed by atoms with Gasteiger partial charge in [0.25, 0.3) is 0 Å². The molecule has 1 atom stereocenters. The van der Waals surface area contributed by atoms with Crippen molar-refractivity contribution in [1.82, 2.24) is 10.2 Å². The molecular weight excluding hydrogens is 244 g/mol. The Hall–Kier alpha value is -1.10. The van der Waals surface area contributed by atoms with Crippen molar-refractivity contribution in [3.8, 4) is 0 Å². The molecule has 0 aromatic heterocycles. The lowest BCUT2D eigenvalue weighted by molar-refractivity contribution is -0.147. The molecule has 1 fully saturated rings. The first-order valence-electron chi connectivity index (χ1n) is 7.21. The van der Waals surface area contributed by atoms with Gasteiger partial charge in [0, 0.05) is 13.2 Å². The van der Waals surface area contributed by atoms with Crippen LogP contribution in [0.15, 0.2) is 0 Å². The molecule has 1 heterocycles. The predicted octanol–water partition coefficient (Wildman–Crippen LogP) is 1.18. The van der Waals surface area contributed by atoms with Gasteiger partial charge in [-0.25, -0.2) is 0 Å². The highest BCUT2D eigenvalue weighted by atomic mass is 16.5. The summed E-state index contributed by atoms with van der Waals surface area (Å²) in [6.45, 7) is 8.08. The van der Waals surface area contributed by atoms with E-state index in [-0.39, 0.29) is 24.4 Å². The lowest BCUT2D eigenvalue weighted by Crippen LogP contribution is -2.59. The largest absolute Gasteiger partial charge is 0.380 e. The van der Waals surface area contributed by atoms with Crippen molar-refractivity contribution in [2.75, 3.05) is 26.3 Å². The number of ether oxygens (including phenoxy) is 1. The fourth-order valence-corrected chi connectivity index (χ4v) is 2.17. The van der Waals surface area contributed by atoms with Gasteiger partial charge in [0.15, 0.2) is 0 Å². The third kappa shape index (κ3) is 5.19. The third-order valence-corrected chi connectivity index (χ3v) is 3.23. The molecule has 0 spiro atoms. The lowest BCUT2D eigenvalue weighted by atomic mass is 10.00. The van der Waals surface area contributed by atoms with Crippen LogP contribution in [0, 0.1) is 5.92 Å². The second-order valence-electron chi connectivity index (χ2n) is 5.42. The zero-order valence-electron chi connectivity index (χ0n) is 12.3. The number of hydrogen-bond donors (Lipinski definition) is 1. The van der Waals surface area contributed by atoms with Gasteiger partial charge in [-0.3, -0.25) is 9.59 Å². The van der Waals surface area contributed by atoms with Gasteiger partial charge in [0.1, 0.15) is 6.04 Å². The van der Waals surface area contributed by atoms with Gasteiger partial charge in [-0.15, -0.1) is 0 Å². The molecule has 5 nitrogen and oxygen atoms in total. The Morgan fingerprint density at radius 3 is 2.74 bits per heavy atom. The maximum Gasteiger partial charge on any atom is 0.243 e. The summed E-state index contributed by atoms with van der Waals surface area (Å²) in [6.07, 6.45) is 2.83. The van der Waals surface area contributed by atoms with Gasteiger partial charge >= 0.3 is 0 Å². The minimum absolute atomic E-state index is 0.00987. The molecule has 1 aliphatic heterocycles. The molecule has 1 unspecified atom stereocenters. The van der Waals surface area contributed by atoms with Gasteiger partial charge in [0.05, 0.1) is 13.2 Å². The van der Waals surface area contributed by atoms with Crippen molar-refractivity contribution in [2.24, 2.45) is 5.92 Å². The summed E-state index contributed by atoms with van der Waals surface area (Å²) in [5, 5.41) is 2.66. The number of carbonyl (C=O) groups excluding carboxylic acids is 2. The Kier molecular flexibility index (Phi) is 6.84. The minimum Gasteiger partial charge on any atom is -0.380 e. The standard InChI is InChI=1S/C14H26N2O3/c1-4-5-7-19-8-6-16-12(9-11(2)3)14(18)15-10-13(16)17/h11-12H,4-10H2,1-3H3,(H,15,18). The zero-order valence-corrected chi connectivity index (χ0v) is 12.3. The third-order valence-electron chi connectivity index (χ3n) is 3.23. The van der Waals surface area contributed by atoms with Crippen LogP contribution in [0.5, 0.6) is 0 Å². The molecule has 0 bridgehead atoms. The van der Waals surface area contributed by atoms with Crippen LogP contribution in [-0.2, 0) is 14.3 Å². The van der Waals surface area contributed by atoms with Crippen LogP contribution in [0.3, 0.4) is 0 Å². The summed E-state index contributed by atoms with van der Waals surface area (Å²) in [4.78, 5) is 25.5. The van der Waals surface area contributed by atoms with Crippen LogP contribution in [0.2, 0.25) is 0 Å². The van der Waals surface area contributed by atoms with Gasteiger partial charge in [-0.1, -0.05) is 27.2 Å². The van der Waals surface area contributed by atoms with Crippen molar-refractivity contribution >= 4 is 11.8 Å². The van der Waals surface area contributed by atoms with Crippen molar-refractivity contribution in [3.63, 3.8) is 0 Å². The predicted molar refractivity (Wildman–Crippen MR) is 73.7 cm³/mol. The number of carbonyl (C=O) groups is 2. The molecule has 0 radical (unpaired) electrons. The van der Waals surface area contributed by atoms with Crippen LogP contribution in [0.1, 0.15) is 40.0 Å². The number of nitrogens with zero attached hydrogens (tertiary/aromatic N) is 1. The van der Waals surface area contributed by atoms with Gasteiger partial charge in [-0.2, -0.15) is 0 Å². The van der Waals surface area contributed by atoms with Gasteiger partial charge in [0.2, 0.25) is 11.8 Å². The van der Waals surface area contributed by atoms with Crippen LogP contribution in [-0.4, -0.2) is 49.1 Å². The van der Waals surface area contributed by atoms with E-state index in [1.54, 1.807) is 4.90 Å². The molecule has 0 aromatic carbocycles. The van der Waals surface area contributed by atoms with E-state index in [1.807, 2.05) is 0 Å². The van der Waals surface area contributed by atoms with E-state index in [4.69, 9.17) is 4.74 Å². The van der Waals surface area contributed by atoms with Crippen LogP contribution < -0.4 is 5.32 Å². The smallest absolute Gasteiger partial charge is 0.243 e. The molecular formula is C14H26N2O3. The van der Waals surface area contributed by atoms with Crippen molar-refractivity contribution in [3.05, 3.63) is 0 Å². The topological polar surface area (TPSA) is 58.6 Å². The van der Waals surface area contributed by atoms with E-state index >= 15 is 0 Å². The molecule has 1 rings (SSSR count). The second kappa shape index (κ2) is 8.15. The van der Waals surface area contributed by atoms with E-state index in [0.717, 1.165) is 19.4 Å². The highest BCUT2D eigenvalue weighted by Crippen LogP contribution is 2.15. The highest BCUT2D eigenvalue weighted by Gasteiger charge is 2.34. The molecule has 2 amide bonds. The molecule has 0 saturated carbocycles. The highest BCUT2D eigenvalue weighted by molar-refractivity contribution is 5.94. The maximum absolute atomic E-state index is 11.9. The number of amides is 2. The van der Waals surface area contributed by atoms with E-state index in [1.165, 1.54) is 0 Å². The average Bonchev–Trinajstić information content (AvgIpc) is 2.36. The number of unbranched alkanes of at least 4 members (excludes halogenated alkanes) is 1. The summed E-state index contributed by atoms with van der Waals surface area (Å²) in [7, 11) is 0. The quantitative estimate of drug-likeness (QED) is 0.674. The van der Waals surface area contributed by atoms with E-state index in [0.29, 0.717) is 25.5 Å². The summed E-state index contributed by atoms with van der Waals surface area (Å²) in [6, 6.07) is -0.337. The Balaban J connectivity index is 2.48. The summed E-state index contributed by atoms with van der Waals surface area (Å²) < 4.78 is 5.49. The van der Waals surface area contributed by atoms with Gasteiger partial charge < -0.3 is 15.0 Å². The Morgan fingerprint density at radius 2 is 2.11 bits per heavy atom. The molecule has 1 N–H and O–H groups in total. The Labute approximate surface area is 115 Å². The summed E-state index contributed by atoms with van der Waals surface area (Å²) in [5.41, 5.74) is 0. The summed E-state index contributed by atoms with van der Waals surface area (Å²) >= 11 is 0. The second-order valence-corrected chi connectivity index (χ2v) is 5.42. The average molecular weight is 270 g/mol. The van der Waals surface area contributed by atoms with Crippen molar-refractivity contribution < 1.29 is 14.3 Å². The zero-order chi connectivity index (χ0) is 14.3. The molecule has 110 valence electrons. The number of rotatable bonds is 8. The van der Waals surface area contributed by atoms with E-state index in [9.17, 15) is 9.59 Å². The summed E-state index contributed by atoms with van der Waals surface area (Å²) in [5.74, 6) is 0.330. The van der Waals surface area contributed by atoms with Crippen molar-refractivity contribution in [1.29, 1.82) is 0 Å². The number of nitrogens with one attached hydrogen (secondary N) is 1. The first-order chi connectivity index (χ1) is 9.06. The van der Waals surface area contributed by atoms with E-state index < -0.39 is 0 Å². The van der Waals surface area contributed by atoms with E-state index in [2.05, 4.69) is 26.1 Å². The van der Waals surface area contributed by atoms with Crippen LogP contribution in [0.25, 0.3) is 0 Å². The molecule has 19 heavy (non-hydrogen) atoms. The fraction of sp³-hybridized carbons (Fsp3) is 0.857. The Morgan fingerprint density at radius 1 is 1.37 bits per heavy atom. The molecule has 1 saturated heterocycles. The fourth-order valence-electron chi connectivity index (χ4n) is 2.17. The molecule has 5 heteroatoms. The van der Waals surface area contributed by atoms with Crippen LogP contribution in [0.4, 0.5) is 0 Å². The van der Waals surface area contributed by atoms with Crippen LogP contribution >= 0.6 is 0 Å².